The van der Waals surface area contributed by atoms with E-state index in [4.69, 9.17) is 5.26 Å². The number of hydrogen-bond acceptors (Lipinski definition) is 3. The van der Waals surface area contributed by atoms with Crippen molar-refractivity contribution in [3.05, 3.63) is 35.2 Å². The number of rotatable bonds is 3. The third-order valence-corrected chi connectivity index (χ3v) is 3.43. The molecule has 0 aromatic heterocycles. The van der Waals surface area contributed by atoms with Gasteiger partial charge in [0.05, 0.1) is 18.3 Å². The van der Waals surface area contributed by atoms with Crippen molar-refractivity contribution in [2.24, 2.45) is 0 Å². The summed E-state index contributed by atoms with van der Waals surface area (Å²) < 4.78 is 37.5. The largest absolute Gasteiger partial charge is 0.412 e. The van der Waals surface area contributed by atoms with Crippen LogP contribution in [0.1, 0.15) is 25.7 Å². The van der Waals surface area contributed by atoms with Crippen LogP contribution in [0.15, 0.2) is 35.2 Å². The zero-order chi connectivity index (χ0) is 14.6. The van der Waals surface area contributed by atoms with E-state index in [9.17, 15) is 13.2 Å². The summed E-state index contributed by atoms with van der Waals surface area (Å²) in [6.07, 6.45) is 2.09. The monoisotopic (exact) mass is 283 g/mol. The number of nitrogens with zero attached hydrogens (tertiary/aromatic N) is 1. The van der Waals surface area contributed by atoms with Crippen LogP contribution in [0.2, 0.25) is 0 Å². The lowest BCUT2D eigenvalue weighted by Crippen LogP contribution is -2.38. The van der Waals surface area contributed by atoms with E-state index in [1.165, 1.54) is 6.08 Å². The Labute approximate surface area is 115 Å². The Bertz CT molecular complexity index is 495. The minimum absolute atomic E-state index is 0.0192. The molecule has 6 heteroatoms. The van der Waals surface area contributed by atoms with Gasteiger partial charge >= 0.3 is 6.18 Å². The molecule has 0 radical (unpaired) electrons. The summed E-state index contributed by atoms with van der Waals surface area (Å²) in [6.45, 7) is 0.600. The predicted octanol–water partition coefficient (Wildman–Crippen LogP) is 2.90. The Morgan fingerprint density at radius 3 is 2.70 bits per heavy atom. The number of hydrogen-bond donors (Lipinski definition) is 2. The molecule has 1 aliphatic carbocycles. The maximum Gasteiger partial charge on any atom is 0.412 e. The zero-order valence-electron chi connectivity index (χ0n) is 10.9. The standard InChI is InChI=1S/C14H16F3N3/c15-14(16,17)11-2-4-12(5-3-11)20-13-6-1-10(7-8-18)9-19-13/h1-2,6,12,19-20H,3-5,7,9H2. The number of alkyl halides is 3. The molecule has 0 saturated carbocycles. The number of nitrogens with one attached hydrogen (secondary N) is 2. The van der Waals surface area contributed by atoms with E-state index in [1.54, 1.807) is 0 Å². The van der Waals surface area contributed by atoms with Gasteiger partial charge in [-0.25, -0.2) is 0 Å². The second-order valence-corrected chi connectivity index (χ2v) is 4.94. The van der Waals surface area contributed by atoms with E-state index in [2.05, 4.69) is 16.7 Å². The summed E-state index contributed by atoms with van der Waals surface area (Å²) in [5, 5.41) is 14.9. The average Bonchev–Trinajstić information content (AvgIpc) is 2.41. The minimum atomic E-state index is -4.19. The molecule has 20 heavy (non-hydrogen) atoms. The van der Waals surface area contributed by atoms with Crippen molar-refractivity contribution in [2.75, 3.05) is 6.54 Å². The summed E-state index contributed by atoms with van der Waals surface area (Å²) in [4.78, 5) is 0. The van der Waals surface area contributed by atoms with E-state index >= 15 is 0 Å². The van der Waals surface area contributed by atoms with Crippen molar-refractivity contribution in [3.63, 3.8) is 0 Å². The number of halogens is 3. The lowest BCUT2D eigenvalue weighted by Gasteiger charge is -2.27. The van der Waals surface area contributed by atoms with Crippen LogP contribution in [0.5, 0.6) is 0 Å². The van der Waals surface area contributed by atoms with Crippen molar-refractivity contribution < 1.29 is 13.2 Å². The van der Waals surface area contributed by atoms with Crippen molar-refractivity contribution in [2.45, 2.75) is 37.9 Å². The molecule has 1 unspecified atom stereocenters. The molecule has 0 amide bonds. The summed E-state index contributed by atoms with van der Waals surface area (Å²) in [6, 6.07) is 2.10. The van der Waals surface area contributed by atoms with Crippen LogP contribution < -0.4 is 10.6 Å². The van der Waals surface area contributed by atoms with Gasteiger partial charge in [-0.2, -0.15) is 18.4 Å². The second-order valence-electron chi connectivity index (χ2n) is 4.94. The smallest absolute Gasteiger partial charge is 0.369 e. The third kappa shape index (κ3) is 3.80. The molecule has 0 aromatic rings. The van der Waals surface area contributed by atoms with Gasteiger partial charge in [0.25, 0.3) is 0 Å². The fraction of sp³-hybridized carbons (Fsp3) is 0.500. The Kier molecular flexibility index (Phi) is 4.38. The molecule has 1 aliphatic heterocycles. The molecule has 2 N–H and O–H groups in total. The molecule has 1 atom stereocenters. The Morgan fingerprint density at radius 1 is 1.40 bits per heavy atom. The Morgan fingerprint density at radius 2 is 2.20 bits per heavy atom. The maximum atomic E-state index is 12.5. The SMILES string of the molecule is N#CCC1=CC=C(NC2CC=C(C(F)(F)F)CC2)NC1. The third-order valence-electron chi connectivity index (χ3n) is 3.43. The molecular formula is C14H16F3N3. The van der Waals surface area contributed by atoms with Crippen molar-refractivity contribution in [1.29, 1.82) is 5.26 Å². The zero-order valence-corrected chi connectivity index (χ0v) is 10.9. The van der Waals surface area contributed by atoms with Gasteiger partial charge in [0, 0.05) is 18.2 Å². The predicted molar refractivity (Wildman–Crippen MR) is 69.3 cm³/mol. The van der Waals surface area contributed by atoms with Gasteiger partial charge in [-0.05, 0) is 30.9 Å². The minimum Gasteiger partial charge on any atom is -0.369 e. The van der Waals surface area contributed by atoms with Crippen LogP contribution in [0.4, 0.5) is 13.2 Å². The topological polar surface area (TPSA) is 47.9 Å². The molecule has 2 rings (SSSR count). The van der Waals surface area contributed by atoms with Crippen LogP contribution in [0.25, 0.3) is 0 Å². The quantitative estimate of drug-likeness (QED) is 0.783. The molecule has 0 spiro atoms. The fourth-order valence-electron chi connectivity index (χ4n) is 2.29. The molecule has 0 aromatic carbocycles. The van der Waals surface area contributed by atoms with E-state index < -0.39 is 11.7 Å². The highest BCUT2D eigenvalue weighted by atomic mass is 19.4. The summed E-state index contributed by atoms with van der Waals surface area (Å²) in [5.41, 5.74) is 0.582. The average molecular weight is 283 g/mol. The van der Waals surface area contributed by atoms with Crippen LogP contribution in [0.3, 0.4) is 0 Å². The summed E-state index contributed by atoms with van der Waals surface area (Å²) in [5.74, 6) is 0.806. The molecule has 0 bridgehead atoms. The summed E-state index contributed by atoms with van der Waals surface area (Å²) in [7, 11) is 0. The van der Waals surface area contributed by atoms with Crippen molar-refractivity contribution >= 4 is 0 Å². The molecule has 0 saturated heterocycles. The van der Waals surface area contributed by atoms with Gasteiger partial charge in [-0.15, -0.1) is 0 Å². The van der Waals surface area contributed by atoms with Gasteiger partial charge in [0.1, 0.15) is 0 Å². The van der Waals surface area contributed by atoms with E-state index in [0.717, 1.165) is 11.4 Å². The maximum absolute atomic E-state index is 12.5. The van der Waals surface area contributed by atoms with Crippen LogP contribution in [0, 0.1) is 11.3 Å². The Balaban J connectivity index is 1.88. The molecule has 2 aliphatic rings. The van der Waals surface area contributed by atoms with Crippen LogP contribution in [-0.2, 0) is 0 Å². The molecule has 0 fully saturated rings. The first kappa shape index (κ1) is 14.5. The second kappa shape index (κ2) is 6.04. The van der Waals surface area contributed by atoms with Crippen LogP contribution in [-0.4, -0.2) is 18.8 Å². The van der Waals surface area contributed by atoms with E-state index in [0.29, 0.717) is 25.8 Å². The van der Waals surface area contributed by atoms with Gasteiger partial charge in [0.15, 0.2) is 0 Å². The highest BCUT2D eigenvalue weighted by Crippen LogP contribution is 2.33. The highest BCUT2D eigenvalue weighted by Gasteiger charge is 2.35. The van der Waals surface area contributed by atoms with E-state index in [1.807, 2.05) is 12.2 Å². The van der Waals surface area contributed by atoms with Gasteiger partial charge in [-0.3, -0.25) is 0 Å². The van der Waals surface area contributed by atoms with E-state index in [-0.39, 0.29) is 12.5 Å². The van der Waals surface area contributed by atoms with Gasteiger partial charge in [-0.1, -0.05) is 12.2 Å². The van der Waals surface area contributed by atoms with Gasteiger partial charge in [0.2, 0.25) is 0 Å². The lowest BCUT2D eigenvalue weighted by molar-refractivity contribution is -0.0952. The first-order valence-corrected chi connectivity index (χ1v) is 6.52. The molecule has 108 valence electrons. The first-order chi connectivity index (χ1) is 9.49. The van der Waals surface area contributed by atoms with Gasteiger partial charge < -0.3 is 10.6 Å². The molecular weight excluding hydrogens is 267 g/mol. The highest BCUT2D eigenvalue weighted by molar-refractivity contribution is 5.25. The normalized spacial score (nSPS) is 22.9. The number of nitriles is 1. The van der Waals surface area contributed by atoms with Crippen LogP contribution >= 0.6 is 0 Å². The van der Waals surface area contributed by atoms with Crippen molar-refractivity contribution in [1.82, 2.24) is 10.6 Å². The van der Waals surface area contributed by atoms with Crippen molar-refractivity contribution in [3.8, 4) is 6.07 Å². The molecule has 1 heterocycles. The fourth-order valence-corrected chi connectivity index (χ4v) is 2.29. The first-order valence-electron chi connectivity index (χ1n) is 6.52. The molecule has 3 nitrogen and oxygen atoms in total. The number of dihydropyridines is 1. The lowest BCUT2D eigenvalue weighted by atomic mass is 9.95. The summed E-state index contributed by atoms with van der Waals surface area (Å²) >= 11 is 0. The Hall–Kier alpha value is -1.90. The number of allylic oxidation sites excluding steroid dienone is 3.